The number of anilines is 1. The van der Waals surface area contributed by atoms with Crippen molar-refractivity contribution in [2.45, 2.75) is 59.2 Å². The molecule has 1 aromatic rings. The van der Waals surface area contributed by atoms with E-state index >= 15 is 0 Å². The molecule has 0 bridgehead atoms. The lowest BCUT2D eigenvalue weighted by Crippen LogP contribution is -2.30. The maximum atomic E-state index is 3.50. The SMILES string of the molecule is CCCC(C)N(C)c1ccccc1CNC(C)C. The molecule has 18 heavy (non-hydrogen) atoms. The molecule has 2 nitrogen and oxygen atoms in total. The molecule has 1 rings (SSSR count). The van der Waals surface area contributed by atoms with Gasteiger partial charge < -0.3 is 10.2 Å². The van der Waals surface area contributed by atoms with Crippen molar-refractivity contribution in [2.24, 2.45) is 0 Å². The third-order valence-electron chi connectivity index (χ3n) is 3.44. The van der Waals surface area contributed by atoms with Crippen molar-refractivity contribution in [1.82, 2.24) is 5.32 Å². The molecule has 102 valence electrons. The van der Waals surface area contributed by atoms with E-state index in [-0.39, 0.29) is 0 Å². The highest BCUT2D eigenvalue weighted by Crippen LogP contribution is 2.22. The number of nitrogens with zero attached hydrogens (tertiary/aromatic N) is 1. The number of benzene rings is 1. The summed E-state index contributed by atoms with van der Waals surface area (Å²) in [6.07, 6.45) is 2.47. The minimum Gasteiger partial charge on any atom is -0.372 e. The summed E-state index contributed by atoms with van der Waals surface area (Å²) in [6, 6.07) is 9.82. The Morgan fingerprint density at radius 1 is 1.17 bits per heavy atom. The first-order valence-corrected chi connectivity index (χ1v) is 7.10. The van der Waals surface area contributed by atoms with Crippen LogP contribution < -0.4 is 10.2 Å². The van der Waals surface area contributed by atoms with Crippen molar-refractivity contribution in [3.8, 4) is 0 Å². The molecule has 1 aromatic carbocycles. The fourth-order valence-corrected chi connectivity index (χ4v) is 2.17. The average molecular weight is 248 g/mol. The van der Waals surface area contributed by atoms with Crippen molar-refractivity contribution in [1.29, 1.82) is 0 Å². The molecule has 0 radical (unpaired) electrons. The second-order valence-corrected chi connectivity index (χ2v) is 5.41. The van der Waals surface area contributed by atoms with Crippen LogP contribution in [0.1, 0.15) is 46.1 Å². The van der Waals surface area contributed by atoms with Crippen LogP contribution in [0.15, 0.2) is 24.3 Å². The monoisotopic (exact) mass is 248 g/mol. The summed E-state index contributed by atoms with van der Waals surface area (Å²) in [6.45, 7) is 9.86. The number of para-hydroxylation sites is 1. The van der Waals surface area contributed by atoms with Crippen molar-refractivity contribution in [2.75, 3.05) is 11.9 Å². The van der Waals surface area contributed by atoms with Gasteiger partial charge in [-0.05, 0) is 25.0 Å². The molecule has 1 atom stereocenters. The molecule has 0 aromatic heterocycles. The summed E-state index contributed by atoms with van der Waals surface area (Å²) in [5.41, 5.74) is 2.74. The van der Waals surface area contributed by atoms with Crippen LogP contribution >= 0.6 is 0 Å². The molecular weight excluding hydrogens is 220 g/mol. The van der Waals surface area contributed by atoms with E-state index in [9.17, 15) is 0 Å². The summed E-state index contributed by atoms with van der Waals surface area (Å²) in [7, 11) is 2.20. The highest BCUT2D eigenvalue weighted by Gasteiger charge is 2.12. The lowest BCUT2D eigenvalue weighted by molar-refractivity contribution is 0.581. The molecule has 1 unspecified atom stereocenters. The summed E-state index contributed by atoms with van der Waals surface area (Å²) >= 11 is 0. The Labute approximate surface area is 112 Å². The zero-order valence-corrected chi connectivity index (χ0v) is 12.5. The molecule has 0 aliphatic rings. The van der Waals surface area contributed by atoms with E-state index in [2.05, 4.69) is 69.2 Å². The third-order valence-corrected chi connectivity index (χ3v) is 3.44. The van der Waals surface area contributed by atoms with E-state index in [1.807, 2.05) is 0 Å². The van der Waals surface area contributed by atoms with Crippen LogP contribution in [0.5, 0.6) is 0 Å². The summed E-state index contributed by atoms with van der Waals surface area (Å²) in [4.78, 5) is 2.40. The van der Waals surface area contributed by atoms with Crippen LogP contribution in [-0.2, 0) is 6.54 Å². The van der Waals surface area contributed by atoms with Gasteiger partial charge in [-0.15, -0.1) is 0 Å². The zero-order valence-electron chi connectivity index (χ0n) is 12.5. The molecule has 0 aliphatic carbocycles. The van der Waals surface area contributed by atoms with E-state index in [1.165, 1.54) is 24.1 Å². The van der Waals surface area contributed by atoms with Crippen LogP contribution in [-0.4, -0.2) is 19.1 Å². The molecule has 0 saturated heterocycles. The quantitative estimate of drug-likeness (QED) is 0.789. The van der Waals surface area contributed by atoms with Crippen molar-refractivity contribution < 1.29 is 0 Å². The minimum atomic E-state index is 0.524. The van der Waals surface area contributed by atoms with Gasteiger partial charge in [0.05, 0.1) is 0 Å². The predicted octanol–water partition coefficient (Wildman–Crippen LogP) is 3.81. The topological polar surface area (TPSA) is 15.3 Å². The Hall–Kier alpha value is -1.02. The van der Waals surface area contributed by atoms with Crippen LogP contribution in [0, 0.1) is 0 Å². The second-order valence-electron chi connectivity index (χ2n) is 5.41. The smallest absolute Gasteiger partial charge is 0.0411 e. The van der Waals surface area contributed by atoms with Gasteiger partial charge in [-0.3, -0.25) is 0 Å². The molecule has 0 spiro atoms. The van der Waals surface area contributed by atoms with Crippen LogP contribution in [0.4, 0.5) is 5.69 Å². The molecular formula is C16H28N2. The van der Waals surface area contributed by atoms with Crippen LogP contribution in [0.2, 0.25) is 0 Å². The van der Waals surface area contributed by atoms with Gasteiger partial charge in [0.2, 0.25) is 0 Å². The second kappa shape index (κ2) is 7.42. The highest BCUT2D eigenvalue weighted by atomic mass is 15.1. The third kappa shape index (κ3) is 4.34. The van der Waals surface area contributed by atoms with Crippen molar-refractivity contribution in [3.05, 3.63) is 29.8 Å². The van der Waals surface area contributed by atoms with Gasteiger partial charge in [0, 0.05) is 31.4 Å². The lowest BCUT2D eigenvalue weighted by Gasteiger charge is -2.29. The molecule has 0 saturated carbocycles. The summed E-state index contributed by atoms with van der Waals surface area (Å²) < 4.78 is 0. The zero-order chi connectivity index (χ0) is 13.5. The Kier molecular flexibility index (Phi) is 6.20. The van der Waals surface area contributed by atoms with Gasteiger partial charge >= 0.3 is 0 Å². The first-order chi connectivity index (χ1) is 8.56. The maximum Gasteiger partial charge on any atom is 0.0411 e. The van der Waals surface area contributed by atoms with Crippen molar-refractivity contribution >= 4 is 5.69 Å². The first kappa shape index (κ1) is 15.0. The molecule has 0 fully saturated rings. The Bertz CT molecular complexity index is 347. The van der Waals surface area contributed by atoms with E-state index < -0.39 is 0 Å². The highest BCUT2D eigenvalue weighted by molar-refractivity contribution is 5.53. The van der Waals surface area contributed by atoms with Gasteiger partial charge in [-0.1, -0.05) is 45.4 Å². The molecule has 0 heterocycles. The number of hydrogen-bond donors (Lipinski definition) is 1. The van der Waals surface area contributed by atoms with E-state index in [4.69, 9.17) is 0 Å². The fourth-order valence-electron chi connectivity index (χ4n) is 2.17. The normalized spacial score (nSPS) is 12.8. The van der Waals surface area contributed by atoms with E-state index in [0.717, 1.165) is 6.54 Å². The fraction of sp³-hybridized carbons (Fsp3) is 0.625. The first-order valence-electron chi connectivity index (χ1n) is 7.10. The van der Waals surface area contributed by atoms with Gasteiger partial charge in [-0.2, -0.15) is 0 Å². The van der Waals surface area contributed by atoms with E-state index in [1.54, 1.807) is 0 Å². The largest absolute Gasteiger partial charge is 0.372 e. The number of hydrogen-bond acceptors (Lipinski definition) is 2. The van der Waals surface area contributed by atoms with Crippen LogP contribution in [0.25, 0.3) is 0 Å². The molecule has 0 amide bonds. The molecule has 0 aliphatic heterocycles. The van der Waals surface area contributed by atoms with Crippen molar-refractivity contribution in [3.63, 3.8) is 0 Å². The predicted molar refractivity (Wildman–Crippen MR) is 81.2 cm³/mol. The number of nitrogens with one attached hydrogen (secondary N) is 1. The maximum absolute atomic E-state index is 3.50. The van der Waals surface area contributed by atoms with Gasteiger partial charge in [-0.25, -0.2) is 0 Å². The standard InChI is InChI=1S/C16H28N2/c1-6-9-14(4)18(5)16-11-8-7-10-15(16)12-17-13(2)3/h7-8,10-11,13-14,17H,6,9,12H2,1-5H3. The van der Waals surface area contributed by atoms with Crippen LogP contribution in [0.3, 0.4) is 0 Å². The van der Waals surface area contributed by atoms with Gasteiger partial charge in [0.1, 0.15) is 0 Å². The number of rotatable bonds is 7. The Morgan fingerprint density at radius 3 is 2.44 bits per heavy atom. The lowest BCUT2D eigenvalue weighted by atomic mass is 10.1. The average Bonchev–Trinajstić information content (AvgIpc) is 2.36. The van der Waals surface area contributed by atoms with Gasteiger partial charge in [0.25, 0.3) is 0 Å². The summed E-state index contributed by atoms with van der Waals surface area (Å²) in [5, 5.41) is 3.50. The minimum absolute atomic E-state index is 0.524. The Balaban J connectivity index is 2.80. The van der Waals surface area contributed by atoms with Gasteiger partial charge in [0.15, 0.2) is 0 Å². The Morgan fingerprint density at radius 2 is 1.83 bits per heavy atom. The molecule has 1 N–H and O–H groups in total. The summed E-state index contributed by atoms with van der Waals surface area (Å²) in [5.74, 6) is 0. The van der Waals surface area contributed by atoms with E-state index in [0.29, 0.717) is 12.1 Å². The molecule has 2 heteroatoms.